The van der Waals surface area contributed by atoms with Crippen molar-refractivity contribution in [1.82, 2.24) is 5.43 Å². The highest BCUT2D eigenvalue weighted by atomic mass is 35.5. The molecule has 0 aliphatic heterocycles. The molecule has 0 bridgehead atoms. The molecule has 0 atom stereocenters. The van der Waals surface area contributed by atoms with E-state index in [0.717, 1.165) is 0 Å². The number of hydrogen-bond donors (Lipinski definition) is 2. The van der Waals surface area contributed by atoms with Gasteiger partial charge < -0.3 is 14.8 Å². The van der Waals surface area contributed by atoms with Gasteiger partial charge in [0.2, 0.25) is 0 Å². The standard InChI is InChI=1S/C23H18Cl2FN3O4/c24-16-6-8-17(9-7-16)32-14-23(31)29-27-12-15-5-10-21(18(25)11-15)33-13-22(30)28-20-4-2-1-3-19(20)26/h1-12H,13-14H2,(H,28,30)(H,29,31). The lowest BCUT2D eigenvalue weighted by molar-refractivity contribution is -0.123. The molecule has 0 saturated carbocycles. The van der Waals surface area contributed by atoms with Gasteiger partial charge >= 0.3 is 0 Å². The molecule has 2 N–H and O–H groups in total. The van der Waals surface area contributed by atoms with Gasteiger partial charge in [0, 0.05) is 5.02 Å². The summed E-state index contributed by atoms with van der Waals surface area (Å²) in [5, 5.41) is 7.06. The predicted octanol–water partition coefficient (Wildman–Crippen LogP) is 4.68. The van der Waals surface area contributed by atoms with Crippen molar-refractivity contribution >= 4 is 46.9 Å². The van der Waals surface area contributed by atoms with Gasteiger partial charge in [-0.2, -0.15) is 5.10 Å². The minimum Gasteiger partial charge on any atom is -0.484 e. The summed E-state index contributed by atoms with van der Waals surface area (Å²) in [6.45, 7) is -0.577. The van der Waals surface area contributed by atoms with Crippen molar-refractivity contribution in [1.29, 1.82) is 0 Å². The highest BCUT2D eigenvalue weighted by molar-refractivity contribution is 6.32. The molecule has 3 aromatic rings. The number of para-hydroxylation sites is 1. The molecular weight excluding hydrogens is 472 g/mol. The van der Waals surface area contributed by atoms with Crippen LogP contribution in [0, 0.1) is 5.82 Å². The van der Waals surface area contributed by atoms with E-state index in [-0.39, 0.29) is 29.7 Å². The maximum atomic E-state index is 13.6. The molecule has 7 nitrogen and oxygen atoms in total. The number of nitrogens with one attached hydrogen (secondary N) is 2. The highest BCUT2D eigenvalue weighted by Crippen LogP contribution is 2.25. The van der Waals surface area contributed by atoms with Gasteiger partial charge in [-0.05, 0) is 60.2 Å². The summed E-state index contributed by atoms with van der Waals surface area (Å²) in [6.07, 6.45) is 1.39. The van der Waals surface area contributed by atoms with Gasteiger partial charge in [-0.25, -0.2) is 9.82 Å². The minimum atomic E-state index is -0.545. The molecule has 0 unspecified atom stereocenters. The quantitative estimate of drug-likeness (QED) is 0.337. The van der Waals surface area contributed by atoms with Crippen LogP contribution in [0.4, 0.5) is 10.1 Å². The Hall–Kier alpha value is -3.62. The zero-order valence-electron chi connectivity index (χ0n) is 17.1. The van der Waals surface area contributed by atoms with E-state index in [9.17, 15) is 14.0 Å². The topological polar surface area (TPSA) is 89.0 Å². The second kappa shape index (κ2) is 11.8. The third-order valence-electron chi connectivity index (χ3n) is 4.05. The largest absolute Gasteiger partial charge is 0.484 e. The predicted molar refractivity (Wildman–Crippen MR) is 125 cm³/mol. The van der Waals surface area contributed by atoms with E-state index in [4.69, 9.17) is 32.7 Å². The van der Waals surface area contributed by atoms with Gasteiger partial charge in [-0.1, -0.05) is 35.3 Å². The summed E-state index contributed by atoms with van der Waals surface area (Å²) >= 11 is 12.0. The monoisotopic (exact) mass is 489 g/mol. The molecule has 0 heterocycles. The number of rotatable bonds is 9. The Morgan fingerprint density at radius 2 is 1.67 bits per heavy atom. The lowest BCUT2D eigenvalue weighted by Gasteiger charge is -2.09. The van der Waals surface area contributed by atoms with E-state index in [2.05, 4.69) is 15.8 Å². The SMILES string of the molecule is O=C(COc1ccc(Cl)cc1)NN=Cc1ccc(OCC(=O)Nc2ccccc2F)c(Cl)c1. The molecule has 3 rings (SSSR count). The number of hydrazone groups is 1. The van der Waals surface area contributed by atoms with Crippen LogP contribution in [0.15, 0.2) is 71.8 Å². The van der Waals surface area contributed by atoms with Crippen LogP contribution in [0.5, 0.6) is 11.5 Å². The van der Waals surface area contributed by atoms with Crippen LogP contribution in [-0.2, 0) is 9.59 Å². The van der Waals surface area contributed by atoms with Crippen LogP contribution in [0.3, 0.4) is 0 Å². The van der Waals surface area contributed by atoms with Gasteiger partial charge in [0.1, 0.15) is 17.3 Å². The number of carbonyl (C=O) groups excluding carboxylic acids is 2. The third kappa shape index (κ3) is 7.78. The number of anilines is 1. The average molecular weight is 490 g/mol. The third-order valence-corrected chi connectivity index (χ3v) is 4.60. The second-order valence-corrected chi connectivity index (χ2v) is 7.39. The Labute approximate surface area is 199 Å². The van der Waals surface area contributed by atoms with Crippen LogP contribution < -0.4 is 20.2 Å². The number of benzene rings is 3. The first-order valence-electron chi connectivity index (χ1n) is 9.58. The lowest BCUT2D eigenvalue weighted by Crippen LogP contribution is -2.24. The Morgan fingerprint density at radius 3 is 2.39 bits per heavy atom. The highest BCUT2D eigenvalue weighted by Gasteiger charge is 2.09. The Kier molecular flexibility index (Phi) is 8.63. The molecule has 3 aromatic carbocycles. The van der Waals surface area contributed by atoms with Gasteiger partial charge in [0.15, 0.2) is 13.2 Å². The zero-order valence-corrected chi connectivity index (χ0v) is 18.6. The lowest BCUT2D eigenvalue weighted by atomic mass is 10.2. The van der Waals surface area contributed by atoms with Gasteiger partial charge in [0.05, 0.1) is 16.9 Å². The summed E-state index contributed by atoms with van der Waals surface area (Å²) in [5.41, 5.74) is 2.98. The van der Waals surface area contributed by atoms with Crippen molar-refractivity contribution in [2.24, 2.45) is 5.10 Å². The molecule has 0 aliphatic rings. The van der Waals surface area contributed by atoms with Crippen molar-refractivity contribution < 1.29 is 23.5 Å². The molecule has 0 aromatic heterocycles. The Bertz CT molecular complexity index is 1160. The van der Waals surface area contributed by atoms with Crippen LogP contribution in [0.2, 0.25) is 10.0 Å². The molecule has 33 heavy (non-hydrogen) atoms. The van der Waals surface area contributed by atoms with Crippen molar-refractivity contribution in [2.45, 2.75) is 0 Å². The summed E-state index contributed by atoms with van der Waals surface area (Å²) in [5.74, 6) is -0.768. The molecule has 170 valence electrons. The fourth-order valence-corrected chi connectivity index (χ4v) is 2.87. The zero-order chi connectivity index (χ0) is 23.6. The fraction of sp³-hybridized carbons (Fsp3) is 0.0870. The van der Waals surface area contributed by atoms with E-state index in [1.165, 1.54) is 24.4 Å². The summed E-state index contributed by atoms with van der Waals surface area (Å²) in [6, 6.07) is 17.1. The van der Waals surface area contributed by atoms with Crippen LogP contribution in [0.25, 0.3) is 0 Å². The number of hydrogen-bond acceptors (Lipinski definition) is 5. The Balaban J connectivity index is 1.44. The van der Waals surface area contributed by atoms with Gasteiger partial charge in [-0.3, -0.25) is 9.59 Å². The van der Waals surface area contributed by atoms with E-state index in [1.807, 2.05) is 0 Å². The average Bonchev–Trinajstić information content (AvgIpc) is 2.80. The Morgan fingerprint density at radius 1 is 0.939 bits per heavy atom. The smallest absolute Gasteiger partial charge is 0.277 e. The minimum absolute atomic E-state index is 0.0596. The van der Waals surface area contributed by atoms with E-state index in [0.29, 0.717) is 16.3 Å². The molecule has 0 spiro atoms. The molecule has 0 saturated heterocycles. The first kappa shape index (κ1) is 24.0. The fourth-order valence-electron chi connectivity index (χ4n) is 2.50. The number of amides is 2. The van der Waals surface area contributed by atoms with Crippen molar-refractivity contribution in [2.75, 3.05) is 18.5 Å². The van der Waals surface area contributed by atoms with Crippen molar-refractivity contribution in [3.05, 3.63) is 88.2 Å². The van der Waals surface area contributed by atoms with Crippen LogP contribution >= 0.6 is 23.2 Å². The first-order valence-corrected chi connectivity index (χ1v) is 10.3. The van der Waals surface area contributed by atoms with Crippen molar-refractivity contribution in [3.63, 3.8) is 0 Å². The van der Waals surface area contributed by atoms with E-state index >= 15 is 0 Å². The van der Waals surface area contributed by atoms with Gasteiger partial charge in [-0.15, -0.1) is 0 Å². The van der Waals surface area contributed by atoms with E-state index < -0.39 is 17.6 Å². The number of ether oxygens (including phenoxy) is 2. The number of halogens is 3. The van der Waals surface area contributed by atoms with E-state index in [1.54, 1.807) is 48.5 Å². The molecule has 2 amide bonds. The normalized spacial score (nSPS) is 10.6. The number of nitrogens with zero attached hydrogens (tertiary/aromatic N) is 1. The maximum Gasteiger partial charge on any atom is 0.277 e. The summed E-state index contributed by atoms with van der Waals surface area (Å²) in [4.78, 5) is 23.8. The van der Waals surface area contributed by atoms with Crippen LogP contribution in [-0.4, -0.2) is 31.2 Å². The number of carbonyl (C=O) groups is 2. The second-order valence-electron chi connectivity index (χ2n) is 6.54. The summed E-state index contributed by atoms with van der Waals surface area (Å²) in [7, 11) is 0. The van der Waals surface area contributed by atoms with Crippen molar-refractivity contribution in [3.8, 4) is 11.5 Å². The van der Waals surface area contributed by atoms with Crippen LogP contribution in [0.1, 0.15) is 5.56 Å². The van der Waals surface area contributed by atoms with Gasteiger partial charge in [0.25, 0.3) is 11.8 Å². The molecule has 0 aliphatic carbocycles. The first-order chi connectivity index (χ1) is 15.9. The molecule has 0 radical (unpaired) electrons. The summed E-state index contributed by atoms with van der Waals surface area (Å²) < 4.78 is 24.3. The molecular formula is C23H18Cl2FN3O4. The molecule has 0 fully saturated rings. The molecule has 10 heteroatoms. The maximum absolute atomic E-state index is 13.6.